The summed E-state index contributed by atoms with van der Waals surface area (Å²) in [6.45, 7) is 4.93. The Morgan fingerprint density at radius 1 is 1.05 bits per heavy atom. The van der Waals surface area contributed by atoms with Crippen LogP contribution in [0.1, 0.15) is 78.2 Å². The minimum absolute atomic E-state index is 0.149. The Kier molecular flexibility index (Phi) is 6.73. The molecule has 0 spiro atoms. The van der Waals surface area contributed by atoms with Crippen molar-refractivity contribution in [3.8, 4) is 11.1 Å². The van der Waals surface area contributed by atoms with Crippen molar-refractivity contribution >= 4 is 17.2 Å². The van der Waals surface area contributed by atoms with Gasteiger partial charge in [0.1, 0.15) is 5.82 Å². The molecule has 2 aromatic heterocycles. The number of hydrogen-bond acceptors (Lipinski definition) is 5. The number of aryl methyl sites for hydroxylation is 1. The lowest BCUT2D eigenvalue weighted by atomic mass is 9.95. The zero-order valence-corrected chi connectivity index (χ0v) is 23.1. The summed E-state index contributed by atoms with van der Waals surface area (Å²) in [4.78, 5) is 37.6. The van der Waals surface area contributed by atoms with Gasteiger partial charge in [0.25, 0.3) is 11.5 Å². The Morgan fingerprint density at radius 2 is 1.77 bits per heavy atom. The van der Waals surface area contributed by atoms with Gasteiger partial charge in [-0.05, 0) is 71.4 Å². The van der Waals surface area contributed by atoms with Gasteiger partial charge in [0, 0.05) is 11.4 Å². The molecule has 1 amide bonds. The number of fused-ring (bicyclic) bond motifs is 1. The van der Waals surface area contributed by atoms with Gasteiger partial charge in [-0.3, -0.25) is 9.59 Å². The summed E-state index contributed by atoms with van der Waals surface area (Å²) in [7, 11) is 0. The number of nitrogens with one attached hydrogen (secondary N) is 1. The van der Waals surface area contributed by atoms with Crippen molar-refractivity contribution in [3.05, 3.63) is 109 Å². The van der Waals surface area contributed by atoms with E-state index in [1.54, 1.807) is 22.3 Å². The van der Waals surface area contributed by atoms with Gasteiger partial charge >= 0.3 is 0 Å². The van der Waals surface area contributed by atoms with Crippen LogP contribution in [0.5, 0.6) is 0 Å². The standard InChI is InChI=1S/C32H33N3O3S/c1-20(2)21-7-3-8-22(17-21)23-9-4-10-24(18-23)28(36)30(38)35-15-5-11-26-25(19-35)29(37)34-31(33-26)32(13-14-32)27-12-6-16-39-27/h3-4,6-10,12,16-18,20,28,36H,5,11,13-15,19H2,1-2H3,(H,33,34,37). The third-order valence-electron chi connectivity index (χ3n) is 8.12. The predicted octanol–water partition coefficient (Wildman–Crippen LogP) is 5.71. The first-order chi connectivity index (χ1) is 18.9. The Bertz CT molecular complexity index is 1570. The Labute approximate surface area is 232 Å². The van der Waals surface area contributed by atoms with Gasteiger partial charge in [0.05, 0.1) is 23.2 Å². The molecule has 4 aromatic rings. The second-order valence-corrected chi connectivity index (χ2v) is 12.0. The van der Waals surface area contributed by atoms with Crippen LogP contribution in [-0.4, -0.2) is 32.4 Å². The van der Waals surface area contributed by atoms with Gasteiger partial charge in [0.2, 0.25) is 0 Å². The maximum Gasteiger partial charge on any atom is 0.256 e. The van der Waals surface area contributed by atoms with E-state index in [0.29, 0.717) is 36.4 Å². The number of aliphatic hydroxyl groups is 1. The second kappa shape index (κ2) is 10.2. The fourth-order valence-electron chi connectivity index (χ4n) is 5.59. The topological polar surface area (TPSA) is 86.3 Å². The predicted molar refractivity (Wildman–Crippen MR) is 154 cm³/mol. The molecule has 1 aliphatic heterocycles. The number of amides is 1. The molecule has 0 bridgehead atoms. The van der Waals surface area contributed by atoms with Crippen molar-refractivity contribution in [1.82, 2.24) is 14.9 Å². The molecule has 1 atom stereocenters. The molecule has 39 heavy (non-hydrogen) atoms. The van der Waals surface area contributed by atoms with E-state index in [2.05, 4.69) is 42.4 Å². The van der Waals surface area contributed by atoms with E-state index in [9.17, 15) is 14.7 Å². The van der Waals surface area contributed by atoms with Crippen molar-refractivity contribution < 1.29 is 9.90 Å². The van der Waals surface area contributed by atoms with Crippen LogP contribution in [0, 0.1) is 0 Å². The van der Waals surface area contributed by atoms with E-state index < -0.39 is 12.0 Å². The van der Waals surface area contributed by atoms with Crippen LogP contribution >= 0.6 is 11.3 Å². The van der Waals surface area contributed by atoms with Crippen LogP contribution in [0.4, 0.5) is 0 Å². The molecule has 0 radical (unpaired) electrons. The average Bonchev–Trinajstić information content (AvgIpc) is 3.64. The molecular formula is C32H33N3O3S. The zero-order chi connectivity index (χ0) is 27.1. The van der Waals surface area contributed by atoms with Gasteiger partial charge in [-0.25, -0.2) is 4.98 Å². The molecule has 1 saturated carbocycles. The van der Waals surface area contributed by atoms with E-state index in [4.69, 9.17) is 4.98 Å². The SMILES string of the molecule is CC(C)c1cccc(-c2cccc(C(O)C(=O)N3CCCc4nc(C5(c6cccs6)CC5)[nH]c(=O)c4C3)c2)c1. The monoisotopic (exact) mass is 539 g/mol. The number of aromatic amines is 1. The van der Waals surface area contributed by atoms with Crippen LogP contribution in [0.15, 0.2) is 70.8 Å². The number of benzene rings is 2. The van der Waals surface area contributed by atoms with Gasteiger partial charge in [0.15, 0.2) is 6.10 Å². The molecule has 1 fully saturated rings. The smallest absolute Gasteiger partial charge is 0.256 e. The third kappa shape index (κ3) is 4.85. The Balaban J connectivity index is 1.24. The van der Waals surface area contributed by atoms with E-state index in [0.717, 1.165) is 35.5 Å². The first-order valence-corrected chi connectivity index (χ1v) is 14.6. The molecule has 2 aromatic carbocycles. The molecule has 0 saturated heterocycles. The molecule has 7 heteroatoms. The second-order valence-electron chi connectivity index (χ2n) is 11.1. The van der Waals surface area contributed by atoms with Crippen molar-refractivity contribution in [2.45, 2.75) is 63.5 Å². The van der Waals surface area contributed by atoms with Crippen molar-refractivity contribution in [2.75, 3.05) is 6.54 Å². The molecule has 6 nitrogen and oxygen atoms in total. The Morgan fingerprint density at radius 3 is 2.44 bits per heavy atom. The summed E-state index contributed by atoms with van der Waals surface area (Å²) >= 11 is 1.70. The molecule has 6 rings (SSSR count). The lowest BCUT2D eigenvalue weighted by molar-refractivity contribution is -0.141. The summed E-state index contributed by atoms with van der Waals surface area (Å²) in [6.07, 6.45) is 1.98. The highest BCUT2D eigenvalue weighted by Gasteiger charge is 2.49. The summed E-state index contributed by atoms with van der Waals surface area (Å²) in [6, 6.07) is 20.0. The molecule has 1 aliphatic carbocycles. The lowest BCUT2D eigenvalue weighted by Gasteiger charge is -2.24. The van der Waals surface area contributed by atoms with Crippen LogP contribution in [0.2, 0.25) is 0 Å². The van der Waals surface area contributed by atoms with E-state index in [1.807, 2.05) is 36.4 Å². The first kappa shape index (κ1) is 25.7. The largest absolute Gasteiger partial charge is 0.378 e. The van der Waals surface area contributed by atoms with Gasteiger partial charge < -0.3 is 15.0 Å². The molecule has 3 heterocycles. The number of H-pyrrole nitrogens is 1. The number of carbonyl (C=O) groups excluding carboxylic acids is 1. The van der Waals surface area contributed by atoms with Crippen LogP contribution in [0.25, 0.3) is 11.1 Å². The van der Waals surface area contributed by atoms with Crippen molar-refractivity contribution in [1.29, 1.82) is 0 Å². The summed E-state index contributed by atoms with van der Waals surface area (Å²) in [5, 5.41) is 13.2. The molecule has 200 valence electrons. The summed E-state index contributed by atoms with van der Waals surface area (Å²) in [5.41, 5.74) is 4.73. The zero-order valence-electron chi connectivity index (χ0n) is 22.3. The highest BCUT2D eigenvalue weighted by atomic mass is 32.1. The molecule has 1 unspecified atom stereocenters. The first-order valence-electron chi connectivity index (χ1n) is 13.7. The molecule has 2 aliphatic rings. The number of carbonyl (C=O) groups is 1. The van der Waals surface area contributed by atoms with Gasteiger partial charge in [-0.15, -0.1) is 11.3 Å². The van der Waals surface area contributed by atoms with E-state index in [-0.39, 0.29) is 17.5 Å². The van der Waals surface area contributed by atoms with E-state index in [1.165, 1.54) is 10.4 Å². The third-order valence-corrected chi connectivity index (χ3v) is 9.20. The van der Waals surface area contributed by atoms with Crippen molar-refractivity contribution in [2.24, 2.45) is 0 Å². The van der Waals surface area contributed by atoms with Gasteiger partial charge in [-0.1, -0.05) is 62.4 Å². The fourth-order valence-corrected chi connectivity index (χ4v) is 6.58. The number of rotatable bonds is 6. The fraction of sp³-hybridized carbons (Fsp3) is 0.344. The molecule has 2 N–H and O–H groups in total. The maximum atomic E-state index is 13.5. The highest BCUT2D eigenvalue weighted by molar-refractivity contribution is 7.10. The summed E-state index contributed by atoms with van der Waals surface area (Å²) < 4.78 is 0. The highest BCUT2D eigenvalue weighted by Crippen LogP contribution is 2.53. The quantitative estimate of drug-likeness (QED) is 0.329. The number of nitrogens with zero attached hydrogens (tertiary/aromatic N) is 2. The number of thiophene rings is 1. The average molecular weight is 540 g/mol. The summed E-state index contributed by atoms with van der Waals surface area (Å²) in [5.74, 6) is 0.758. The van der Waals surface area contributed by atoms with Crippen molar-refractivity contribution in [3.63, 3.8) is 0 Å². The van der Waals surface area contributed by atoms with Crippen LogP contribution < -0.4 is 5.56 Å². The number of aromatic nitrogens is 2. The minimum Gasteiger partial charge on any atom is -0.378 e. The minimum atomic E-state index is -1.31. The normalized spacial score (nSPS) is 17.0. The lowest BCUT2D eigenvalue weighted by Crippen LogP contribution is -2.36. The molecular weight excluding hydrogens is 506 g/mol. The number of hydrogen-bond donors (Lipinski definition) is 2. The van der Waals surface area contributed by atoms with Gasteiger partial charge in [-0.2, -0.15) is 0 Å². The Hall–Kier alpha value is -3.55. The number of aliphatic hydroxyl groups excluding tert-OH is 1. The van der Waals surface area contributed by atoms with Crippen LogP contribution in [0.3, 0.4) is 0 Å². The maximum absolute atomic E-state index is 13.5. The van der Waals surface area contributed by atoms with Crippen LogP contribution in [-0.2, 0) is 23.2 Å². The van der Waals surface area contributed by atoms with E-state index >= 15 is 0 Å².